The maximum Gasteiger partial charge on any atom is 0.282 e. The highest BCUT2D eigenvalue weighted by molar-refractivity contribution is 6.46. The van der Waals surface area contributed by atoms with E-state index in [1.54, 1.807) is 12.1 Å². The quantitative estimate of drug-likeness (QED) is 0.563. The van der Waals surface area contributed by atoms with Crippen LogP contribution in [0.3, 0.4) is 0 Å². The Labute approximate surface area is 206 Å². The number of imide groups is 1. The number of rotatable bonds is 5. The summed E-state index contributed by atoms with van der Waals surface area (Å²) in [5.74, 6) is -0.668. The monoisotopic (exact) mass is 466 g/mol. The second-order valence-electron chi connectivity index (χ2n) is 9.29. The largest absolute Gasteiger partial charge is 0.369 e. The smallest absolute Gasteiger partial charge is 0.282 e. The highest BCUT2D eigenvalue weighted by Gasteiger charge is 2.40. The predicted molar refractivity (Wildman–Crippen MR) is 142 cm³/mol. The lowest BCUT2D eigenvalue weighted by molar-refractivity contribution is -0.120. The average molecular weight is 467 g/mol. The molecule has 0 unspecified atom stereocenters. The van der Waals surface area contributed by atoms with Gasteiger partial charge in [0.15, 0.2) is 0 Å². The second-order valence-corrected chi connectivity index (χ2v) is 9.29. The number of aryl methyl sites for hydroxylation is 2. The fourth-order valence-corrected chi connectivity index (χ4v) is 4.59. The summed E-state index contributed by atoms with van der Waals surface area (Å²) in [7, 11) is 2.14. The molecular weight excluding hydrogens is 436 g/mol. The summed E-state index contributed by atoms with van der Waals surface area (Å²) in [6.07, 6.45) is 0. The minimum atomic E-state index is -0.349. The van der Waals surface area contributed by atoms with E-state index in [2.05, 4.69) is 34.3 Å². The van der Waals surface area contributed by atoms with Crippen LogP contribution in [0.5, 0.6) is 0 Å². The summed E-state index contributed by atoms with van der Waals surface area (Å²) in [6, 6.07) is 23.0. The summed E-state index contributed by atoms with van der Waals surface area (Å²) < 4.78 is 0. The van der Waals surface area contributed by atoms with Crippen molar-refractivity contribution in [2.45, 2.75) is 13.8 Å². The lowest BCUT2D eigenvalue weighted by atomic mass is 9.99. The van der Waals surface area contributed by atoms with Crippen LogP contribution in [0.25, 0.3) is 5.57 Å². The van der Waals surface area contributed by atoms with Gasteiger partial charge in [-0.25, -0.2) is 4.90 Å². The van der Waals surface area contributed by atoms with Crippen LogP contribution in [0.2, 0.25) is 0 Å². The normalized spacial score (nSPS) is 16.9. The van der Waals surface area contributed by atoms with E-state index in [0.717, 1.165) is 54.2 Å². The number of benzene rings is 3. The Bertz CT molecular complexity index is 1290. The van der Waals surface area contributed by atoms with Crippen molar-refractivity contribution in [3.05, 3.63) is 95.2 Å². The summed E-state index contributed by atoms with van der Waals surface area (Å²) in [5, 5.41) is 3.28. The molecule has 6 nitrogen and oxygen atoms in total. The van der Waals surface area contributed by atoms with E-state index in [0.29, 0.717) is 17.0 Å². The maximum absolute atomic E-state index is 13.6. The molecule has 2 amide bonds. The van der Waals surface area contributed by atoms with Crippen molar-refractivity contribution in [3.63, 3.8) is 0 Å². The van der Waals surface area contributed by atoms with Gasteiger partial charge in [-0.1, -0.05) is 36.4 Å². The third kappa shape index (κ3) is 4.45. The molecule has 5 rings (SSSR count). The summed E-state index contributed by atoms with van der Waals surface area (Å²) >= 11 is 0. The highest BCUT2D eigenvalue weighted by atomic mass is 16.2. The number of piperazine rings is 1. The molecule has 178 valence electrons. The standard InChI is InChI=1S/C29H30N4O2/c1-20-9-10-22(19-21(20)2)26-27(29(35)33(28(26)34)25-7-5-4-6-8-25)30-23-11-13-24(14-12-23)32-17-15-31(3)16-18-32/h4-14,19,30H,15-18H2,1-3H3. The van der Waals surface area contributed by atoms with Gasteiger partial charge in [-0.05, 0) is 74.0 Å². The predicted octanol–water partition coefficient (Wildman–Crippen LogP) is 4.45. The molecule has 0 bridgehead atoms. The van der Waals surface area contributed by atoms with Crippen molar-refractivity contribution >= 4 is 34.4 Å². The van der Waals surface area contributed by atoms with Gasteiger partial charge >= 0.3 is 0 Å². The van der Waals surface area contributed by atoms with Crippen LogP contribution < -0.4 is 15.1 Å². The minimum absolute atomic E-state index is 0.300. The molecule has 0 atom stereocenters. The Morgan fingerprint density at radius 3 is 2.06 bits per heavy atom. The zero-order chi connectivity index (χ0) is 24.5. The molecular formula is C29H30N4O2. The van der Waals surface area contributed by atoms with E-state index in [-0.39, 0.29) is 11.8 Å². The van der Waals surface area contributed by atoms with E-state index < -0.39 is 0 Å². The number of hydrogen-bond donors (Lipinski definition) is 1. The molecule has 35 heavy (non-hydrogen) atoms. The molecule has 0 aromatic heterocycles. The summed E-state index contributed by atoms with van der Waals surface area (Å²) in [4.78, 5) is 33.1. The Morgan fingerprint density at radius 2 is 1.40 bits per heavy atom. The maximum atomic E-state index is 13.6. The molecule has 2 heterocycles. The molecule has 2 aliphatic rings. The van der Waals surface area contributed by atoms with Gasteiger partial charge in [0, 0.05) is 37.6 Å². The molecule has 0 radical (unpaired) electrons. The van der Waals surface area contributed by atoms with Crippen LogP contribution in [0, 0.1) is 13.8 Å². The fraction of sp³-hybridized carbons (Fsp3) is 0.241. The second kappa shape index (κ2) is 9.39. The minimum Gasteiger partial charge on any atom is -0.369 e. The topological polar surface area (TPSA) is 55.9 Å². The number of nitrogens with zero attached hydrogens (tertiary/aromatic N) is 3. The van der Waals surface area contributed by atoms with Crippen LogP contribution in [0.1, 0.15) is 16.7 Å². The first-order chi connectivity index (χ1) is 16.9. The number of carbonyl (C=O) groups is 2. The van der Waals surface area contributed by atoms with E-state index in [4.69, 9.17) is 0 Å². The molecule has 1 fully saturated rings. The zero-order valence-corrected chi connectivity index (χ0v) is 20.4. The molecule has 1 saturated heterocycles. The van der Waals surface area contributed by atoms with Gasteiger partial charge in [0.1, 0.15) is 5.70 Å². The van der Waals surface area contributed by atoms with Crippen molar-refractivity contribution in [1.29, 1.82) is 0 Å². The molecule has 6 heteroatoms. The van der Waals surface area contributed by atoms with Crippen LogP contribution >= 0.6 is 0 Å². The number of likely N-dealkylation sites (N-methyl/N-ethyl adjacent to an activating group) is 1. The first-order valence-corrected chi connectivity index (χ1v) is 12.0. The fourth-order valence-electron chi connectivity index (χ4n) is 4.59. The molecule has 0 saturated carbocycles. The van der Waals surface area contributed by atoms with Gasteiger partial charge in [-0.2, -0.15) is 0 Å². The average Bonchev–Trinajstić information content (AvgIpc) is 3.11. The van der Waals surface area contributed by atoms with Crippen LogP contribution in [-0.2, 0) is 9.59 Å². The first kappa shape index (κ1) is 22.9. The van der Waals surface area contributed by atoms with Crippen molar-refractivity contribution in [2.24, 2.45) is 0 Å². The van der Waals surface area contributed by atoms with Gasteiger partial charge in [0.25, 0.3) is 11.8 Å². The van der Waals surface area contributed by atoms with Gasteiger partial charge in [0.2, 0.25) is 0 Å². The van der Waals surface area contributed by atoms with Crippen molar-refractivity contribution in [2.75, 3.05) is 48.3 Å². The van der Waals surface area contributed by atoms with Gasteiger partial charge in [-0.15, -0.1) is 0 Å². The van der Waals surface area contributed by atoms with Crippen LogP contribution in [0.4, 0.5) is 17.1 Å². The Morgan fingerprint density at radius 1 is 0.714 bits per heavy atom. The van der Waals surface area contributed by atoms with Gasteiger partial charge in [-0.3, -0.25) is 9.59 Å². The van der Waals surface area contributed by atoms with Crippen LogP contribution in [-0.4, -0.2) is 49.9 Å². The molecule has 3 aromatic carbocycles. The molecule has 2 aliphatic heterocycles. The highest BCUT2D eigenvalue weighted by Crippen LogP contribution is 2.34. The van der Waals surface area contributed by atoms with E-state index in [1.165, 1.54) is 4.90 Å². The summed E-state index contributed by atoms with van der Waals surface area (Å²) in [5.41, 5.74) is 6.14. The number of hydrogen-bond acceptors (Lipinski definition) is 5. The lowest BCUT2D eigenvalue weighted by Crippen LogP contribution is -2.44. The summed E-state index contributed by atoms with van der Waals surface area (Å²) in [6.45, 7) is 8.11. The molecule has 0 aliphatic carbocycles. The number of anilines is 3. The van der Waals surface area contributed by atoms with Crippen molar-refractivity contribution < 1.29 is 9.59 Å². The molecule has 3 aromatic rings. The molecule has 0 spiro atoms. The SMILES string of the molecule is Cc1ccc(C2=C(Nc3ccc(N4CCN(C)CC4)cc3)C(=O)N(c3ccccc3)C2=O)cc1C. The lowest BCUT2D eigenvalue weighted by Gasteiger charge is -2.34. The Hall–Kier alpha value is -3.90. The third-order valence-corrected chi connectivity index (χ3v) is 6.90. The van der Waals surface area contributed by atoms with Gasteiger partial charge in [0.05, 0.1) is 11.3 Å². The number of para-hydroxylation sites is 1. The van der Waals surface area contributed by atoms with E-state index in [9.17, 15) is 9.59 Å². The van der Waals surface area contributed by atoms with Crippen molar-refractivity contribution in [3.8, 4) is 0 Å². The first-order valence-electron chi connectivity index (χ1n) is 12.0. The number of nitrogens with one attached hydrogen (secondary N) is 1. The Kier molecular flexibility index (Phi) is 6.14. The van der Waals surface area contributed by atoms with Crippen LogP contribution in [0.15, 0.2) is 78.5 Å². The zero-order valence-electron chi connectivity index (χ0n) is 20.4. The van der Waals surface area contributed by atoms with E-state index >= 15 is 0 Å². The van der Waals surface area contributed by atoms with E-state index in [1.807, 2.05) is 62.4 Å². The Balaban J connectivity index is 1.49. The third-order valence-electron chi connectivity index (χ3n) is 6.90. The number of amides is 2. The van der Waals surface area contributed by atoms with Crippen molar-refractivity contribution in [1.82, 2.24) is 4.90 Å². The number of carbonyl (C=O) groups excluding carboxylic acids is 2. The molecule has 1 N–H and O–H groups in total. The van der Waals surface area contributed by atoms with Gasteiger partial charge < -0.3 is 15.1 Å².